The topological polar surface area (TPSA) is 35.6 Å². The number of amides is 1. The van der Waals surface area contributed by atoms with Crippen molar-refractivity contribution in [1.82, 2.24) is 15.1 Å². The van der Waals surface area contributed by atoms with Gasteiger partial charge in [-0.3, -0.25) is 4.79 Å². The monoisotopic (exact) mass is 303 g/mol. The summed E-state index contributed by atoms with van der Waals surface area (Å²) in [6, 6.07) is 0. The van der Waals surface area contributed by atoms with Crippen molar-refractivity contribution in [3.63, 3.8) is 0 Å². The van der Waals surface area contributed by atoms with E-state index >= 15 is 0 Å². The molecule has 0 aromatic rings. The molecular weight excluding hydrogens is 274 g/mol. The molecule has 2 aliphatic heterocycles. The Morgan fingerprint density at radius 3 is 2.35 bits per heavy atom. The Kier molecular flexibility index (Phi) is 7.27. The van der Waals surface area contributed by atoms with Crippen molar-refractivity contribution in [3.05, 3.63) is 0 Å². The Hall–Kier alpha value is -0.320. The molecule has 0 spiro atoms. The molecule has 2 rings (SSSR count). The second kappa shape index (κ2) is 8.20. The van der Waals surface area contributed by atoms with E-state index < -0.39 is 0 Å². The SMILES string of the molecule is CCC1(CC)CCN(CCC(=O)N2CCNCC2)C1.Cl. The minimum atomic E-state index is 0. The molecular formula is C15H30ClN3O. The van der Waals surface area contributed by atoms with Gasteiger partial charge in [-0.15, -0.1) is 12.4 Å². The first-order chi connectivity index (χ1) is 9.19. The van der Waals surface area contributed by atoms with Gasteiger partial charge in [-0.2, -0.15) is 0 Å². The van der Waals surface area contributed by atoms with Crippen LogP contribution in [0.5, 0.6) is 0 Å². The van der Waals surface area contributed by atoms with Gasteiger partial charge in [-0.25, -0.2) is 0 Å². The van der Waals surface area contributed by atoms with Crippen LogP contribution in [0.25, 0.3) is 0 Å². The highest BCUT2D eigenvalue weighted by atomic mass is 35.5. The first kappa shape index (κ1) is 17.7. The molecule has 4 nitrogen and oxygen atoms in total. The van der Waals surface area contributed by atoms with E-state index in [9.17, 15) is 4.79 Å². The number of nitrogens with one attached hydrogen (secondary N) is 1. The van der Waals surface area contributed by atoms with E-state index in [1.165, 1.54) is 32.4 Å². The lowest BCUT2D eigenvalue weighted by molar-refractivity contribution is -0.132. The molecule has 0 aromatic heterocycles. The number of piperazine rings is 1. The predicted molar refractivity (Wildman–Crippen MR) is 85.4 cm³/mol. The number of carbonyl (C=O) groups is 1. The molecule has 5 heteroatoms. The molecule has 0 unspecified atom stereocenters. The van der Waals surface area contributed by atoms with Crippen molar-refractivity contribution in [3.8, 4) is 0 Å². The molecule has 20 heavy (non-hydrogen) atoms. The maximum absolute atomic E-state index is 12.1. The fourth-order valence-electron chi connectivity index (χ4n) is 3.37. The molecule has 2 aliphatic rings. The summed E-state index contributed by atoms with van der Waals surface area (Å²) in [6.45, 7) is 11.6. The zero-order chi connectivity index (χ0) is 13.7. The van der Waals surface area contributed by atoms with Gasteiger partial charge in [-0.1, -0.05) is 13.8 Å². The van der Waals surface area contributed by atoms with Crippen LogP contribution in [0, 0.1) is 5.41 Å². The molecule has 1 N–H and O–H groups in total. The van der Waals surface area contributed by atoms with Gasteiger partial charge in [-0.05, 0) is 31.2 Å². The van der Waals surface area contributed by atoms with Crippen molar-refractivity contribution >= 4 is 18.3 Å². The quantitative estimate of drug-likeness (QED) is 0.840. The highest BCUT2D eigenvalue weighted by Crippen LogP contribution is 2.36. The van der Waals surface area contributed by atoms with Crippen LogP contribution in [0.1, 0.15) is 39.5 Å². The summed E-state index contributed by atoms with van der Waals surface area (Å²) in [5, 5.41) is 3.29. The first-order valence-corrected chi connectivity index (χ1v) is 7.90. The number of halogens is 1. The van der Waals surface area contributed by atoms with Crippen LogP contribution in [-0.4, -0.2) is 61.5 Å². The molecule has 2 fully saturated rings. The van der Waals surface area contributed by atoms with E-state index in [0.717, 1.165) is 32.7 Å². The van der Waals surface area contributed by atoms with Crippen LogP contribution in [0.15, 0.2) is 0 Å². The lowest BCUT2D eigenvalue weighted by atomic mass is 9.82. The van der Waals surface area contributed by atoms with Crippen LogP contribution in [0.4, 0.5) is 0 Å². The van der Waals surface area contributed by atoms with E-state index in [2.05, 4.69) is 24.1 Å². The van der Waals surface area contributed by atoms with Crippen molar-refractivity contribution in [1.29, 1.82) is 0 Å². The molecule has 2 saturated heterocycles. The van der Waals surface area contributed by atoms with Crippen LogP contribution in [0.3, 0.4) is 0 Å². The second-order valence-electron chi connectivity index (χ2n) is 6.11. The van der Waals surface area contributed by atoms with Gasteiger partial charge >= 0.3 is 0 Å². The number of hydrogen-bond acceptors (Lipinski definition) is 3. The van der Waals surface area contributed by atoms with Crippen LogP contribution >= 0.6 is 12.4 Å². The van der Waals surface area contributed by atoms with E-state index in [0.29, 0.717) is 17.7 Å². The molecule has 0 saturated carbocycles. The molecule has 0 atom stereocenters. The fourth-order valence-corrected chi connectivity index (χ4v) is 3.37. The Balaban J connectivity index is 0.00000200. The Bertz CT molecular complexity index is 301. The molecule has 0 bridgehead atoms. The molecule has 0 aliphatic carbocycles. The average molecular weight is 304 g/mol. The zero-order valence-electron chi connectivity index (χ0n) is 13.0. The van der Waals surface area contributed by atoms with Gasteiger partial charge in [0, 0.05) is 45.7 Å². The lowest BCUT2D eigenvalue weighted by Gasteiger charge is -2.29. The van der Waals surface area contributed by atoms with Gasteiger partial charge in [0.15, 0.2) is 0 Å². The third kappa shape index (κ3) is 4.34. The summed E-state index contributed by atoms with van der Waals surface area (Å²) in [5.41, 5.74) is 0.526. The van der Waals surface area contributed by atoms with Crippen molar-refractivity contribution in [2.45, 2.75) is 39.5 Å². The molecule has 1 amide bonds. The smallest absolute Gasteiger partial charge is 0.223 e. The number of rotatable bonds is 5. The van der Waals surface area contributed by atoms with E-state index in [1.54, 1.807) is 0 Å². The molecule has 0 radical (unpaired) electrons. The van der Waals surface area contributed by atoms with Crippen LogP contribution in [-0.2, 0) is 4.79 Å². The standard InChI is InChI=1S/C15H29N3O.ClH/c1-3-15(4-2)6-10-17(13-15)9-5-14(19)18-11-7-16-8-12-18;/h16H,3-13H2,1-2H3;1H. The fraction of sp³-hybridized carbons (Fsp3) is 0.933. The number of carbonyl (C=O) groups excluding carboxylic acids is 1. The minimum absolute atomic E-state index is 0. The van der Waals surface area contributed by atoms with E-state index in [-0.39, 0.29) is 12.4 Å². The van der Waals surface area contributed by atoms with Gasteiger partial charge in [0.1, 0.15) is 0 Å². The number of nitrogens with zero attached hydrogens (tertiary/aromatic N) is 2. The van der Waals surface area contributed by atoms with E-state index in [1.807, 2.05) is 4.90 Å². The lowest BCUT2D eigenvalue weighted by Crippen LogP contribution is -2.47. The Morgan fingerprint density at radius 2 is 1.80 bits per heavy atom. The minimum Gasteiger partial charge on any atom is -0.340 e. The maximum atomic E-state index is 12.1. The Morgan fingerprint density at radius 1 is 1.15 bits per heavy atom. The summed E-state index contributed by atoms with van der Waals surface area (Å²) in [4.78, 5) is 16.6. The normalized spacial score (nSPS) is 22.6. The summed E-state index contributed by atoms with van der Waals surface area (Å²) < 4.78 is 0. The van der Waals surface area contributed by atoms with Crippen LogP contribution < -0.4 is 5.32 Å². The van der Waals surface area contributed by atoms with Crippen molar-refractivity contribution in [2.75, 3.05) is 45.8 Å². The summed E-state index contributed by atoms with van der Waals surface area (Å²) in [5.74, 6) is 0.340. The third-order valence-corrected chi connectivity index (χ3v) is 5.13. The first-order valence-electron chi connectivity index (χ1n) is 7.90. The van der Waals surface area contributed by atoms with Crippen molar-refractivity contribution in [2.24, 2.45) is 5.41 Å². The summed E-state index contributed by atoms with van der Waals surface area (Å²) in [6.07, 6.45) is 4.54. The van der Waals surface area contributed by atoms with E-state index in [4.69, 9.17) is 0 Å². The second-order valence-corrected chi connectivity index (χ2v) is 6.11. The van der Waals surface area contributed by atoms with Gasteiger partial charge in [0.25, 0.3) is 0 Å². The highest BCUT2D eigenvalue weighted by molar-refractivity contribution is 5.85. The summed E-state index contributed by atoms with van der Waals surface area (Å²) in [7, 11) is 0. The van der Waals surface area contributed by atoms with Gasteiger partial charge < -0.3 is 15.1 Å². The van der Waals surface area contributed by atoms with Crippen molar-refractivity contribution < 1.29 is 4.79 Å². The zero-order valence-corrected chi connectivity index (χ0v) is 13.8. The third-order valence-electron chi connectivity index (χ3n) is 5.13. The Labute approximate surface area is 129 Å². The molecule has 118 valence electrons. The summed E-state index contributed by atoms with van der Waals surface area (Å²) >= 11 is 0. The number of hydrogen-bond donors (Lipinski definition) is 1. The van der Waals surface area contributed by atoms with Gasteiger partial charge in [0.2, 0.25) is 5.91 Å². The van der Waals surface area contributed by atoms with Crippen LogP contribution in [0.2, 0.25) is 0 Å². The highest BCUT2D eigenvalue weighted by Gasteiger charge is 2.34. The van der Waals surface area contributed by atoms with Gasteiger partial charge in [0.05, 0.1) is 0 Å². The maximum Gasteiger partial charge on any atom is 0.223 e. The number of likely N-dealkylation sites (tertiary alicyclic amines) is 1. The predicted octanol–water partition coefficient (Wildman–Crippen LogP) is 1.74. The average Bonchev–Trinajstić information content (AvgIpc) is 2.90. The molecule has 0 aromatic carbocycles. The molecule has 2 heterocycles. The largest absolute Gasteiger partial charge is 0.340 e.